The molecule has 0 spiro atoms. The van der Waals surface area contributed by atoms with E-state index in [1.54, 1.807) is 0 Å². The summed E-state index contributed by atoms with van der Waals surface area (Å²) in [4.78, 5) is 38.6. The Morgan fingerprint density at radius 3 is 2.29 bits per heavy atom. The standard InChI is InChI=1S/C24H28N2O5/c1-30-23(28)19-8-9-20(24(29)31-2)21(15-19)25-22(27)16-26-12-10-18(11-13-26)14-17-6-4-3-5-7-17/h3-9,15,18H,10-14,16H2,1-2H3,(H,25,27). The minimum absolute atomic E-state index is 0.185. The molecule has 3 rings (SSSR count). The van der Waals surface area contributed by atoms with Crippen LogP contribution in [0.4, 0.5) is 5.69 Å². The van der Waals surface area contributed by atoms with E-state index < -0.39 is 11.9 Å². The number of carbonyl (C=O) groups excluding carboxylic acids is 3. The van der Waals surface area contributed by atoms with Gasteiger partial charge in [-0.25, -0.2) is 9.59 Å². The van der Waals surface area contributed by atoms with Crippen LogP contribution in [-0.4, -0.2) is 56.6 Å². The summed E-state index contributed by atoms with van der Waals surface area (Å²) < 4.78 is 9.50. The molecule has 1 N–H and O–H groups in total. The molecule has 2 aromatic carbocycles. The van der Waals surface area contributed by atoms with Crippen LogP contribution in [0.1, 0.15) is 39.1 Å². The van der Waals surface area contributed by atoms with Crippen LogP contribution in [0.2, 0.25) is 0 Å². The quantitative estimate of drug-likeness (QED) is 0.688. The van der Waals surface area contributed by atoms with Gasteiger partial charge in [0.2, 0.25) is 5.91 Å². The third-order valence-corrected chi connectivity index (χ3v) is 5.56. The number of anilines is 1. The van der Waals surface area contributed by atoms with Gasteiger partial charge >= 0.3 is 11.9 Å². The van der Waals surface area contributed by atoms with Crippen molar-refractivity contribution in [2.75, 3.05) is 39.2 Å². The number of hydrogen-bond donors (Lipinski definition) is 1. The fraction of sp³-hybridized carbons (Fsp3) is 0.375. The molecule has 0 aromatic heterocycles. The maximum absolute atomic E-state index is 12.6. The van der Waals surface area contributed by atoms with Gasteiger partial charge in [-0.2, -0.15) is 0 Å². The fourth-order valence-corrected chi connectivity index (χ4v) is 3.87. The van der Waals surface area contributed by atoms with Gasteiger partial charge in [0.15, 0.2) is 0 Å². The third-order valence-electron chi connectivity index (χ3n) is 5.56. The van der Waals surface area contributed by atoms with E-state index in [1.165, 1.54) is 38.0 Å². The Hall–Kier alpha value is -3.19. The zero-order chi connectivity index (χ0) is 22.2. The molecule has 31 heavy (non-hydrogen) atoms. The second-order valence-electron chi connectivity index (χ2n) is 7.70. The van der Waals surface area contributed by atoms with Crippen LogP contribution in [0, 0.1) is 5.92 Å². The lowest BCUT2D eigenvalue weighted by molar-refractivity contribution is -0.117. The number of ether oxygens (including phenoxy) is 2. The Balaban J connectivity index is 1.58. The molecule has 0 unspecified atom stereocenters. The van der Waals surface area contributed by atoms with Crippen LogP contribution in [0.5, 0.6) is 0 Å². The molecule has 1 heterocycles. The van der Waals surface area contributed by atoms with E-state index in [9.17, 15) is 14.4 Å². The van der Waals surface area contributed by atoms with Crippen LogP contribution in [0.25, 0.3) is 0 Å². The third kappa shape index (κ3) is 6.15. The highest BCUT2D eigenvalue weighted by Gasteiger charge is 2.22. The lowest BCUT2D eigenvalue weighted by Gasteiger charge is -2.31. The molecular weight excluding hydrogens is 396 g/mol. The number of benzene rings is 2. The molecule has 7 heteroatoms. The second kappa shape index (κ2) is 10.7. The molecule has 0 aliphatic carbocycles. The summed E-state index contributed by atoms with van der Waals surface area (Å²) in [5, 5.41) is 2.75. The molecule has 0 saturated carbocycles. The highest BCUT2D eigenvalue weighted by molar-refractivity contribution is 6.03. The number of methoxy groups -OCH3 is 2. The van der Waals surface area contributed by atoms with Gasteiger partial charge in [-0.1, -0.05) is 30.3 Å². The Morgan fingerprint density at radius 2 is 1.65 bits per heavy atom. The van der Waals surface area contributed by atoms with E-state index in [1.807, 2.05) is 6.07 Å². The van der Waals surface area contributed by atoms with Crippen LogP contribution in [-0.2, 0) is 20.7 Å². The molecule has 0 bridgehead atoms. The predicted octanol–water partition coefficient (Wildman–Crippen LogP) is 3.15. The van der Waals surface area contributed by atoms with E-state index in [0.29, 0.717) is 5.92 Å². The maximum atomic E-state index is 12.6. The number of piperidine rings is 1. The van der Waals surface area contributed by atoms with E-state index in [4.69, 9.17) is 9.47 Å². The Labute approximate surface area is 182 Å². The molecule has 2 aromatic rings. The molecule has 1 aliphatic rings. The van der Waals surface area contributed by atoms with Gasteiger partial charge in [0.25, 0.3) is 0 Å². The monoisotopic (exact) mass is 424 g/mol. The summed E-state index contributed by atoms with van der Waals surface area (Å²) in [6.45, 7) is 1.91. The van der Waals surface area contributed by atoms with Crippen molar-refractivity contribution in [3.8, 4) is 0 Å². The number of esters is 2. The SMILES string of the molecule is COC(=O)c1ccc(C(=O)OC)c(NC(=O)CN2CCC(Cc3ccccc3)CC2)c1. The van der Waals surface area contributed by atoms with Crippen LogP contribution >= 0.6 is 0 Å². The van der Waals surface area contributed by atoms with Crippen molar-refractivity contribution in [3.05, 3.63) is 65.2 Å². The van der Waals surface area contributed by atoms with Gasteiger partial charge in [-0.05, 0) is 62.0 Å². The van der Waals surface area contributed by atoms with Gasteiger partial charge in [0, 0.05) is 0 Å². The molecule has 0 radical (unpaired) electrons. The molecule has 1 fully saturated rings. The van der Waals surface area contributed by atoms with Crippen molar-refractivity contribution in [1.82, 2.24) is 4.90 Å². The summed E-state index contributed by atoms with van der Waals surface area (Å²) in [5.74, 6) is -0.765. The predicted molar refractivity (Wildman–Crippen MR) is 117 cm³/mol. The minimum atomic E-state index is -0.589. The zero-order valence-corrected chi connectivity index (χ0v) is 17.9. The second-order valence-corrected chi connectivity index (χ2v) is 7.70. The Morgan fingerprint density at radius 1 is 0.968 bits per heavy atom. The van der Waals surface area contributed by atoms with E-state index in [2.05, 4.69) is 34.5 Å². The highest BCUT2D eigenvalue weighted by atomic mass is 16.5. The number of carbonyl (C=O) groups is 3. The summed E-state index contributed by atoms with van der Waals surface area (Å²) in [5.41, 5.74) is 2.01. The first-order valence-corrected chi connectivity index (χ1v) is 10.4. The van der Waals surface area contributed by atoms with Crippen molar-refractivity contribution >= 4 is 23.5 Å². The first kappa shape index (κ1) is 22.5. The first-order chi connectivity index (χ1) is 15.0. The average Bonchev–Trinajstić information content (AvgIpc) is 2.80. The first-order valence-electron chi connectivity index (χ1n) is 10.4. The number of amides is 1. The van der Waals surface area contributed by atoms with Crippen molar-refractivity contribution in [1.29, 1.82) is 0 Å². The highest BCUT2D eigenvalue weighted by Crippen LogP contribution is 2.23. The lowest BCUT2D eigenvalue weighted by atomic mass is 9.90. The molecule has 164 valence electrons. The topological polar surface area (TPSA) is 84.9 Å². The van der Waals surface area contributed by atoms with E-state index in [0.717, 1.165) is 32.4 Å². The molecule has 1 saturated heterocycles. The maximum Gasteiger partial charge on any atom is 0.339 e. The summed E-state index contributed by atoms with van der Waals surface area (Å²) in [6, 6.07) is 14.8. The van der Waals surface area contributed by atoms with Gasteiger partial charge in [0.05, 0.1) is 37.6 Å². The largest absolute Gasteiger partial charge is 0.465 e. The summed E-state index contributed by atoms with van der Waals surface area (Å²) in [6.07, 6.45) is 3.13. The Bertz CT molecular complexity index is 921. The van der Waals surface area contributed by atoms with Crippen LogP contribution in [0.3, 0.4) is 0 Å². The minimum Gasteiger partial charge on any atom is -0.465 e. The summed E-state index contributed by atoms with van der Waals surface area (Å²) in [7, 11) is 2.54. The molecule has 0 atom stereocenters. The van der Waals surface area contributed by atoms with Crippen molar-refractivity contribution in [3.63, 3.8) is 0 Å². The van der Waals surface area contributed by atoms with Gasteiger partial charge < -0.3 is 14.8 Å². The number of nitrogens with one attached hydrogen (secondary N) is 1. The number of likely N-dealkylation sites (tertiary alicyclic amines) is 1. The van der Waals surface area contributed by atoms with Gasteiger partial charge in [-0.3, -0.25) is 9.69 Å². The molecule has 1 amide bonds. The van der Waals surface area contributed by atoms with Gasteiger partial charge in [0.1, 0.15) is 0 Å². The fourth-order valence-electron chi connectivity index (χ4n) is 3.87. The van der Waals surface area contributed by atoms with Crippen molar-refractivity contribution in [2.45, 2.75) is 19.3 Å². The van der Waals surface area contributed by atoms with E-state index in [-0.39, 0.29) is 29.3 Å². The molecular formula is C24H28N2O5. The normalized spacial score (nSPS) is 14.6. The van der Waals surface area contributed by atoms with Crippen molar-refractivity contribution < 1.29 is 23.9 Å². The van der Waals surface area contributed by atoms with Gasteiger partial charge in [-0.15, -0.1) is 0 Å². The van der Waals surface area contributed by atoms with Crippen LogP contribution < -0.4 is 5.32 Å². The molecule has 7 nitrogen and oxygen atoms in total. The number of rotatable bonds is 7. The zero-order valence-electron chi connectivity index (χ0n) is 17.9. The number of nitrogens with zero attached hydrogens (tertiary/aromatic N) is 1. The van der Waals surface area contributed by atoms with Crippen molar-refractivity contribution in [2.24, 2.45) is 5.92 Å². The Kier molecular flexibility index (Phi) is 7.78. The molecule has 1 aliphatic heterocycles. The number of hydrogen-bond acceptors (Lipinski definition) is 6. The van der Waals surface area contributed by atoms with Crippen LogP contribution in [0.15, 0.2) is 48.5 Å². The van der Waals surface area contributed by atoms with E-state index >= 15 is 0 Å². The smallest absolute Gasteiger partial charge is 0.339 e. The summed E-state index contributed by atoms with van der Waals surface area (Å²) >= 11 is 0. The lowest BCUT2D eigenvalue weighted by Crippen LogP contribution is -2.39. The average molecular weight is 424 g/mol.